The van der Waals surface area contributed by atoms with Crippen molar-refractivity contribution in [1.29, 1.82) is 0 Å². The Kier molecular flexibility index (Phi) is 6.63. The molecule has 1 amide bonds. The van der Waals surface area contributed by atoms with Crippen molar-refractivity contribution in [1.82, 2.24) is 15.1 Å². The first-order chi connectivity index (χ1) is 13.8. The van der Waals surface area contributed by atoms with Gasteiger partial charge in [0, 0.05) is 25.0 Å². The van der Waals surface area contributed by atoms with E-state index in [2.05, 4.69) is 15.3 Å². The number of carbonyl (C=O) groups is 1. The number of carbonyl (C=O) groups excluding carboxylic acids is 1. The van der Waals surface area contributed by atoms with Gasteiger partial charge in [0.15, 0.2) is 0 Å². The molecule has 1 saturated heterocycles. The largest absolute Gasteiger partial charge is 0.369 e. The summed E-state index contributed by atoms with van der Waals surface area (Å²) in [6.45, 7) is 8.31. The molecule has 0 aliphatic carbocycles. The van der Waals surface area contributed by atoms with Crippen LogP contribution in [0.5, 0.6) is 0 Å². The van der Waals surface area contributed by atoms with Crippen molar-refractivity contribution in [3.05, 3.63) is 57.5 Å². The fraction of sp³-hybridized carbons (Fsp3) is 0.500. The topological polar surface area (TPSA) is 67.2 Å². The molecule has 0 bridgehead atoms. The minimum atomic E-state index is -0.398. The predicted molar refractivity (Wildman–Crippen MR) is 116 cm³/mol. The minimum absolute atomic E-state index is 0.0535. The molecule has 1 N–H and O–H groups in total. The third kappa shape index (κ3) is 5.38. The third-order valence-electron chi connectivity index (χ3n) is 5.23. The lowest BCUT2D eigenvalue weighted by molar-refractivity contribution is -0.128. The number of anilines is 1. The van der Waals surface area contributed by atoms with E-state index in [9.17, 15) is 9.59 Å². The first kappa shape index (κ1) is 21.4. The number of hydrogen-bond acceptors (Lipinski definition) is 4. The summed E-state index contributed by atoms with van der Waals surface area (Å²) in [6, 6.07) is 9.71. The van der Waals surface area contributed by atoms with Crippen LogP contribution >= 0.6 is 11.6 Å². The number of nitrogens with one attached hydrogen (secondary N) is 1. The van der Waals surface area contributed by atoms with Crippen LogP contribution in [-0.4, -0.2) is 35.3 Å². The Morgan fingerprint density at radius 2 is 2.00 bits per heavy atom. The Labute approximate surface area is 176 Å². The molecule has 6 nitrogen and oxygen atoms in total. The highest BCUT2D eigenvalue weighted by atomic mass is 35.5. The lowest BCUT2D eigenvalue weighted by atomic mass is 9.94. The molecule has 1 atom stereocenters. The highest BCUT2D eigenvalue weighted by Gasteiger charge is 2.26. The van der Waals surface area contributed by atoms with Gasteiger partial charge in [-0.1, -0.05) is 62.7 Å². The Balaban J connectivity index is 1.69. The van der Waals surface area contributed by atoms with Gasteiger partial charge in [-0.2, -0.15) is 5.10 Å². The molecule has 1 aliphatic rings. The van der Waals surface area contributed by atoms with Gasteiger partial charge in [-0.25, -0.2) is 4.68 Å². The zero-order chi connectivity index (χ0) is 21.0. The van der Waals surface area contributed by atoms with Gasteiger partial charge >= 0.3 is 0 Å². The predicted octanol–water partition coefficient (Wildman–Crippen LogP) is 3.32. The summed E-state index contributed by atoms with van der Waals surface area (Å²) in [4.78, 5) is 27.0. The standard InChI is InChI=1S/C22H29ClN4O2/c1-22(2,3)21(29)24-12-17-10-7-11-26(14-17)18-13-25-27(20(28)19(18)23)15-16-8-5-4-6-9-16/h4-6,8-9,13,17H,7,10-12,14-15H2,1-3H3,(H,24,29). The highest BCUT2D eigenvalue weighted by molar-refractivity contribution is 6.33. The molecule has 156 valence electrons. The molecule has 1 fully saturated rings. The molecule has 7 heteroatoms. The Bertz CT molecular complexity index is 905. The maximum atomic E-state index is 12.7. The van der Waals surface area contributed by atoms with Crippen LogP contribution in [0.1, 0.15) is 39.2 Å². The molecule has 1 aromatic carbocycles. The number of piperidine rings is 1. The Morgan fingerprint density at radius 1 is 1.28 bits per heavy atom. The number of halogens is 1. The van der Waals surface area contributed by atoms with Crippen LogP contribution in [0.4, 0.5) is 5.69 Å². The van der Waals surface area contributed by atoms with Gasteiger partial charge in [-0.15, -0.1) is 0 Å². The maximum absolute atomic E-state index is 12.7. The maximum Gasteiger partial charge on any atom is 0.287 e. The van der Waals surface area contributed by atoms with E-state index in [1.165, 1.54) is 4.68 Å². The van der Waals surface area contributed by atoms with Crippen LogP contribution in [0.3, 0.4) is 0 Å². The molecular formula is C22H29ClN4O2. The van der Waals surface area contributed by atoms with Crippen molar-refractivity contribution in [2.24, 2.45) is 11.3 Å². The number of hydrogen-bond donors (Lipinski definition) is 1. The molecule has 29 heavy (non-hydrogen) atoms. The van der Waals surface area contributed by atoms with Crippen LogP contribution in [0.2, 0.25) is 5.02 Å². The molecular weight excluding hydrogens is 388 g/mol. The molecule has 1 aliphatic heterocycles. The Morgan fingerprint density at radius 3 is 2.69 bits per heavy atom. The molecule has 0 radical (unpaired) electrons. The zero-order valence-electron chi connectivity index (χ0n) is 17.3. The van der Waals surface area contributed by atoms with Crippen molar-refractivity contribution in [2.45, 2.75) is 40.2 Å². The third-order valence-corrected chi connectivity index (χ3v) is 5.59. The molecule has 1 unspecified atom stereocenters. The van der Waals surface area contributed by atoms with E-state index in [0.29, 0.717) is 24.7 Å². The summed E-state index contributed by atoms with van der Waals surface area (Å²) in [5, 5.41) is 7.60. The van der Waals surface area contributed by atoms with Crippen molar-refractivity contribution in [3.63, 3.8) is 0 Å². The zero-order valence-corrected chi connectivity index (χ0v) is 18.1. The lowest BCUT2D eigenvalue weighted by Crippen LogP contribution is -2.44. The van der Waals surface area contributed by atoms with Crippen LogP contribution < -0.4 is 15.8 Å². The van der Waals surface area contributed by atoms with Gasteiger partial charge in [0.05, 0.1) is 18.4 Å². The average Bonchev–Trinajstić information content (AvgIpc) is 2.70. The van der Waals surface area contributed by atoms with Gasteiger partial charge < -0.3 is 10.2 Å². The first-order valence-corrected chi connectivity index (χ1v) is 10.5. The van der Waals surface area contributed by atoms with Crippen LogP contribution in [-0.2, 0) is 11.3 Å². The molecule has 2 heterocycles. The van der Waals surface area contributed by atoms with Gasteiger partial charge in [0.1, 0.15) is 5.02 Å². The number of amides is 1. The summed E-state index contributed by atoms with van der Waals surface area (Å²) < 4.78 is 1.39. The summed E-state index contributed by atoms with van der Waals surface area (Å²) in [7, 11) is 0. The Hall–Kier alpha value is -2.34. The number of aromatic nitrogens is 2. The first-order valence-electron chi connectivity index (χ1n) is 10.1. The van der Waals surface area contributed by atoms with E-state index >= 15 is 0 Å². The van der Waals surface area contributed by atoms with E-state index in [4.69, 9.17) is 11.6 Å². The monoisotopic (exact) mass is 416 g/mol. The van der Waals surface area contributed by atoms with E-state index in [-0.39, 0.29) is 16.5 Å². The number of benzene rings is 1. The molecule has 0 saturated carbocycles. The molecule has 0 spiro atoms. The highest BCUT2D eigenvalue weighted by Crippen LogP contribution is 2.27. The fourth-order valence-electron chi connectivity index (χ4n) is 3.50. The van der Waals surface area contributed by atoms with Crippen LogP contribution in [0.25, 0.3) is 0 Å². The second kappa shape index (κ2) is 8.99. The summed E-state index contributed by atoms with van der Waals surface area (Å²) >= 11 is 6.45. The number of rotatable bonds is 5. The van der Waals surface area contributed by atoms with E-state index < -0.39 is 5.41 Å². The van der Waals surface area contributed by atoms with Crippen LogP contribution in [0.15, 0.2) is 41.3 Å². The van der Waals surface area contributed by atoms with Gasteiger partial charge in [0.25, 0.3) is 5.56 Å². The van der Waals surface area contributed by atoms with Crippen LogP contribution in [0, 0.1) is 11.3 Å². The SMILES string of the molecule is CC(C)(C)C(=O)NCC1CCCN(c2cnn(Cc3ccccc3)c(=O)c2Cl)C1. The van der Waals surface area contributed by atoms with E-state index in [0.717, 1.165) is 31.5 Å². The van der Waals surface area contributed by atoms with Gasteiger partial charge in [0.2, 0.25) is 5.91 Å². The second-order valence-electron chi connectivity index (χ2n) is 8.71. The minimum Gasteiger partial charge on any atom is -0.369 e. The van der Waals surface area contributed by atoms with Crippen molar-refractivity contribution < 1.29 is 4.79 Å². The summed E-state index contributed by atoms with van der Waals surface area (Å²) in [5.41, 5.74) is 0.993. The fourth-order valence-corrected chi connectivity index (χ4v) is 3.76. The van der Waals surface area contributed by atoms with E-state index in [1.807, 2.05) is 51.1 Å². The van der Waals surface area contributed by atoms with E-state index in [1.54, 1.807) is 6.20 Å². The van der Waals surface area contributed by atoms with Crippen molar-refractivity contribution in [2.75, 3.05) is 24.5 Å². The van der Waals surface area contributed by atoms with Crippen molar-refractivity contribution in [3.8, 4) is 0 Å². The quantitative estimate of drug-likeness (QED) is 0.811. The second-order valence-corrected chi connectivity index (χ2v) is 9.08. The number of nitrogens with zero attached hydrogens (tertiary/aromatic N) is 3. The lowest BCUT2D eigenvalue weighted by Gasteiger charge is -2.35. The molecule has 1 aromatic heterocycles. The molecule has 3 rings (SSSR count). The summed E-state index contributed by atoms with van der Waals surface area (Å²) in [6.07, 6.45) is 3.71. The van der Waals surface area contributed by atoms with Gasteiger partial charge in [-0.3, -0.25) is 9.59 Å². The molecule has 2 aromatic rings. The average molecular weight is 417 g/mol. The normalized spacial score (nSPS) is 17.2. The smallest absolute Gasteiger partial charge is 0.287 e. The van der Waals surface area contributed by atoms with Gasteiger partial charge in [-0.05, 0) is 24.3 Å². The summed E-state index contributed by atoms with van der Waals surface area (Å²) in [5.74, 6) is 0.371. The van der Waals surface area contributed by atoms with Crippen molar-refractivity contribution >= 4 is 23.2 Å².